The maximum Gasteiger partial charge on any atom is 0.250 e. The first-order valence-electron chi connectivity index (χ1n) is 6.94. The fraction of sp³-hybridized carbons (Fsp3) is 0.294. The highest BCUT2D eigenvalue weighted by Gasteiger charge is 2.17. The second-order valence-electron chi connectivity index (χ2n) is 5.59. The number of carbonyl (C=O) groups is 1. The van der Waals surface area contributed by atoms with Gasteiger partial charge in [-0.3, -0.25) is 4.79 Å². The van der Waals surface area contributed by atoms with Gasteiger partial charge >= 0.3 is 0 Å². The molecule has 0 spiro atoms. The lowest BCUT2D eigenvalue weighted by Crippen LogP contribution is -2.13. The molecule has 0 aliphatic rings. The number of primary amides is 1. The molecule has 0 saturated heterocycles. The molecule has 2 N–H and O–H groups in total. The van der Waals surface area contributed by atoms with Crippen LogP contribution in [0.15, 0.2) is 30.3 Å². The summed E-state index contributed by atoms with van der Waals surface area (Å²) in [6.45, 7) is 6.95. The minimum atomic E-state index is -0.423. The maximum absolute atomic E-state index is 11.6. The van der Waals surface area contributed by atoms with Crippen molar-refractivity contribution in [2.24, 2.45) is 11.7 Å². The molecule has 108 valence electrons. The van der Waals surface area contributed by atoms with Crippen LogP contribution >= 0.6 is 0 Å². The highest BCUT2D eigenvalue weighted by Crippen LogP contribution is 2.27. The normalized spacial score (nSPS) is 10.6. The first-order valence-corrected chi connectivity index (χ1v) is 6.94. The van der Waals surface area contributed by atoms with Crippen molar-refractivity contribution in [2.75, 3.05) is 0 Å². The van der Waals surface area contributed by atoms with Crippen LogP contribution in [-0.4, -0.2) is 10.5 Å². The molecule has 0 aliphatic carbocycles. The van der Waals surface area contributed by atoms with Crippen molar-refractivity contribution >= 4 is 5.91 Å². The Kier molecular flexibility index (Phi) is 4.13. The van der Waals surface area contributed by atoms with Gasteiger partial charge in [-0.15, -0.1) is 0 Å². The number of nitrogens with two attached hydrogens (primary N) is 1. The Hall–Kier alpha value is -2.54. The molecule has 4 heteroatoms. The third kappa shape index (κ3) is 2.97. The fourth-order valence-electron chi connectivity index (χ4n) is 2.48. The van der Waals surface area contributed by atoms with Gasteiger partial charge in [0.2, 0.25) is 0 Å². The van der Waals surface area contributed by atoms with Crippen molar-refractivity contribution in [1.82, 2.24) is 4.57 Å². The summed E-state index contributed by atoms with van der Waals surface area (Å²) in [5.74, 6) is 0.0161. The van der Waals surface area contributed by atoms with E-state index < -0.39 is 5.91 Å². The standard InChI is InChI=1S/C17H19N3O/c1-11(2)10-20-12(3)15(17(19)21)8-16(20)14-6-4-5-13(7-14)9-18/h4-8,11H,10H2,1-3H3,(H2,19,21). The van der Waals surface area contributed by atoms with Crippen LogP contribution in [-0.2, 0) is 6.54 Å². The molecule has 1 aromatic carbocycles. The lowest BCUT2D eigenvalue weighted by atomic mass is 10.1. The maximum atomic E-state index is 11.6. The van der Waals surface area contributed by atoms with E-state index in [4.69, 9.17) is 11.0 Å². The summed E-state index contributed by atoms with van der Waals surface area (Å²) < 4.78 is 2.10. The predicted molar refractivity (Wildman–Crippen MR) is 82.7 cm³/mol. The zero-order valence-electron chi connectivity index (χ0n) is 12.6. The summed E-state index contributed by atoms with van der Waals surface area (Å²) in [5, 5.41) is 9.04. The molecular formula is C17H19N3O. The number of hydrogen-bond acceptors (Lipinski definition) is 2. The molecule has 0 bridgehead atoms. The van der Waals surface area contributed by atoms with Gasteiger partial charge in [-0.05, 0) is 36.6 Å². The van der Waals surface area contributed by atoms with E-state index in [1.165, 1.54) is 0 Å². The molecule has 21 heavy (non-hydrogen) atoms. The van der Waals surface area contributed by atoms with Crippen LogP contribution in [0.4, 0.5) is 0 Å². The number of rotatable bonds is 4. The Labute approximate surface area is 124 Å². The molecule has 0 aliphatic heterocycles. The molecule has 2 aromatic rings. The van der Waals surface area contributed by atoms with E-state index in [1.54, 1.807) is 6.07 Å². The third-order valence-corrected chi connectivity index (χ3v) is 3.47. The second-order valence-corrected chi connectivity index (χ2v) is 5.59. The molecule has 4 nitrogen and oxygen atoms in total. The Bertz CT molecular complexity index is 720. The van der Waals surface area contributed by atoms with Gasteiger partial charge in [-0.25, -0.2) is 0 Å². The Morgan fingerprint density at radius 1 is 1.38 bits per heavy atom. The lowest BCUT2D eigenvalue weighted by molar-refractivity contribution is 0.0999. The molecule has 0 atom stereocenters. The van der Waals surface area contributed by atoms with E-state index >= 15 is 0 Å². The number of hydrogen-bond donors (Lipinski definition) is 1. The molecule has 1 aromatic heterocycles. The number of benzene rings is 1. The topological polar surface area (TPSA) is 71.8 Å². The first-order chi connectivity index (χ1) is 9.93. The molecule has 2 rings (SSSR count). The Balaban J connectivity index is 2.63. The summed E-state index contributed by atoms with van der Waals surface area (Å²) in [7, 11) is 0. The molecule has 0 fully saturated rings. The van der Waals surface area contributed by atoms with Gasteiger partial charge in [0.25, 0.3) is 5.91 Å². The van der Waals surface area contributed by atoms with Gasteiger partial charge in [0.05, 0.1) is 17.2 Å². The van der Waals surface area contributed by atoms with Crippen LogP contribution in [0.5, 0.6) is 0 Å². The summed E-state index contributed by atoms with van der Waals surface area (Å²) >= 11 is 0. The number of nitriles is 1. The van der Waals surface area contributed by atoms with Crippen molar-refractivity contribution in [3.8, 4) is 17.3 Å². The molecule has 0 unspecified atom stereocenters. The van der Waals surface area contributed by atoms with Crippen molar-refractivity contribution in [2.45, 2.75) is 27.3 Å². The van der Waals surface area contributed by atoms with E-state index in [1.807, 2.05) is 31.2 Å². The number of carbonyl (C=O) groups excluding carboxylic acids is 1. The highest BCUT2D eigenvalue weighted by atomic mass is 16.1. The lowest BCUT2D eigenvalue weighted by Gasteiger charge is -2.14. The fourth-order valence-corrected chi connectivity index (χ4v) is 2.48. The minimum Gasteiger partial charge on any atom is -0.366 e. The van der Waals surface area contributed by atoms with Gasteiger partial charge in [0, 0.05) is 17.9 Å². The van der Waals surface area contributed by atoms with Crippen LogP contribution < -0.4 is 5.73 Å². The third-order valence-electron chi connectivity index (χ3n) is 3.47. The van der Waals surface area contributed by atoms with Crippen LogP contribution in [0.3, 0.4) is 0 Å². The van der Waals surface area contributed by atoms with Crippen molar-refractivity contribution in [3.05, 3.63) is 47.2 Å². The second kappa shape index (κ2) is 5.84. The van der Waals surface area contributed by atoms with Crippen LogP contribution in [0, 0.1) is 24.2 Å². The average Bonchev–Trinajstić information content (AvgIpc) is 2.76. The highest BCUT2D eigenvalue weighted by molar-refractivity contribution is 5.95. The summed E-state index contributed by atoms with van der Waals surface area (Å²) in [6.07, 6.45) is 0. The minimum absolute atomic E-state index is 0.423. The van der Waals surface area contributed by atoms with Crippen molar-refractivity contribution in [3.63, 3.8) is 0 Å². The van der Waals surface area contributed by atoms with Gasteiger partial charge in [-0.2, -0.15) is 5.26 Å². The average molecular weight is 281 g/mol. The predicted octanol–water partition coefficient (Wildman–Crippen LogP) is 3.09. The van der Waals surface area contributed by atoms with Crippen LogP contribution in [0.2, 0.25) is 0 Å². The van der Waals surface area contributed by atoms with E-state index in [0.717, 1.165) is 23.5 Å². The number of nitrogens with zero attached hydrogens (tertiary/aromatic N) is 2. The molecular weight excluding hydrogens is 262 g/mol. The zero-order valence-corrected chi connectivity index (χ0v) is 12.6. The largest absolute Gasteiger partial charge is 0.366 e. The zero-order chi connectivity index (χ0) is 15.6. The monoisotopic (exact) mass is 281 g/mol. The Morgan fingerprint density at radius 3 is 2.67 bits per heavy atom. The summed E-state index contributed by atoms with van der Waals surface area (Å²) in [4.78, 5) is 11.6. The molecule has 1 heterocycles. The van der Waals surface area contributed by atoms with Crippen LogP contribution in [0.1, 0.15) is 35.5 Å². The molecule has 0 saturated carbocycles. The van der Waals surface area contributed by atoms with Crippen LogP contribution in [0.25, 0.3) is 11.3 Å². The number of aromatic nitrogens is 1. The summed E-state index contributed by atoms with van der Waals surface area (Å²) in [5.41, 5.74) is 9.31. The van der Waals surface area contributed by atoms with E-state index in [2.05, 4.69) is 24.5 Å². The first kappa shape index (κ1) is 14.9. The van der Waals surface area contributed by atoms with Gasteiger partial charge in [0.15, 0.2) is 0 Å². The van der Waals surface area contributed by atoms with E-state index in [-0.39, 0.29) is 0 Å². The van der Waals surface area contributed by atoms with E-state index in [9.17, 15) is 4.79 Å². The molecule has 1 amide bonds. The SMILES string of the molecule is Cc1c(C(N)=O)cc(-c2cccc(C#N)c2)n1CC(C)C. The van der Waals surface area contributed by atoms with Gasteiger partial charge in [0.1, 0.15) is 0 Å². The van der Waals surface area contributed by atoms with Crippen molar-refractivity contribution in [1.29, 1.82) is 5.26 Å². The van der Waals surface area contributed by atoms with Gasteiger partial charge < -0.3 is 10.3 Å². The quantitative estimate of drug-likeness (QED) is 0.935. The Morgan fingerprint density at radius 2 is 2.10 bits per heavy atom. The smallest absolute Gasteiger partial charge is 0.250 e. The van der Waals surface area contributed by atoms with Gasteiger partial charge in [-0.1, -0.05) is 26.0 Å². The molecule has 0 radical (unpaired) electrons. The van der Waals surface area contributed by atoms with E-state index in [0.29, 0.717) is 17.0 Å². The number of amides is 1. The summed E-state index contributed by atoms with van der Waals surface area (Å²) in [6, 6.07) is 11.3. The van der Waals surface area contributed by atoms with Crippen molar-refractivity contribution < 1.29 is 4.79 Å².